The Morgan fingerprint density at radius 1 is 1.19 bits per heavy atom. The smallest absolute Gasteiger partial charge is 0.310 e. The molecule has 4 nitrogen and oxygen atoms in total. The maximum atomic E-state index is 11.8. The molecule has 0 atom stereocenters. The van der Waals surface area contributed by atoms with Crippen LogP contribution in [0.5, 0.6) is 0 Å². The van der Waals surface area contributed by atoms with Gasteiger partial charge in [0, 0.05) is 13.1 Å². The zero-order valence-electron chi connectivity index (χ0n) is 14.0. The number of hydrogen-bond donors (Lipinski definition) is 1. The molecule has 1 saturated carbocycles. The van der Waals surface area contributed by atoms with Crippen LogP contribution >= 0.6 is 0 Å². The Hall–Kier alpha value is -0.610. The van der Waals surface area contributed by atoms with E-state index in [-0.39, 0.29) is 0 Å². The molecule has 4 heteroatoms. The standard InChI is InChI=1S/C17H32N2O2/c1-14-4-8-17(9-5-14,16(20)21)13-19-10-6-15(7-11-19)12-18(2)3/h14-15H,4-13H2,1-3H3,(H,20,21). The van der Waals surface area contributed by atoms with E-state index in [9.17, 15) is 9.90 Å². The number of likely N-dealkylation sites (tertiary alicyclic amines) is 1. The third-order valence-corrected chi connectivity index (χ3v) is 5.54. The van der Waals surface area contributed by atoms with Crippen LogP contribution in [0, 0.1) is 17.3 Å². The van der Waals surface area contributed by atoms with Crippen molar-refractivity contribution in [2.24, 2.45) is 17.3 Å². The van der Waals surface area contributed by atoms with Gasteiger partial charge in [-0.15, -0.1) is 0 Å². The molecule has 1 heterocycles. The van der Waals surface area contributed by atoms with Gasteiger partial charge in [0.05, 0.1) is 5.41 Å². The molecular weight excluding hydrogens is 264 g/mol. The quantitative estimate of drug-likeness (QED) is 0.847. The van der Waals surface area contributed by atoms with Crippen LogP contribution in [0.3, 0.4) is 0 Å². The van der Waals surface area contributed by atoms with Gasteiger partial charge < -0.3 is 14.9 Å². The molecule has 0 amide bonds. The first-order chi connectivity index (χ1) is 9.91. The minimum Gasteiger partial charge on any atom is -0.481 e. The third kappa shape index (κ3) is 4.43. The van der Waals surface area contributed by atoms with E-state index < -0.39 is 11.4 Å². The Morgan fingerprint density at radius 2 is 1.76 bits per heavy atom. The summed E-state index contributed by atoms with van der Waals surface area (Å²) in [6.07, 6.45) is 6.30. The fraction of sp³-hybridized carbons (Fsp3) is 0.941. The highest BCUT2D eigenvalue weighted by molar-refractivity contribution is 5.75. The van der Waals surface area contributed by atoms with Crippen LogP contribution in [0.4, 0.5) is 0 Å². The lowest BCUT2D eigenvalue weighted by Gasteiger charge is -2.42. The lowest BCUT2D eigenvalue weighted by Crippen LogP contribution is -2.48. The van der Waals surface area contributed by atoms with Gasteiger partial charge >= 0.3 is 5.97 Å². The van der Waals surface area contributed by atoms with Crippen molar-refractivity contribution in [1.29, 1.82) is 0 Å². The maximum absolute atomic E-state index is 11.8. The number of rotatable bonds is 5. The predicted octanol–water partition coefficient (Wildman–Crippen LogP) is 2.54. The second-order valence-corrected chi connectivity index (χ2v) is 7.75. The molecule has 2 fully saturated rings. The summed E-state index contributed by atoms with van der Waals surface area (Å²) in [6.45, 7) is 6.32. The Labute approximate surface area is 129 Å². The van der Waals surface area contributed by atoms with Crippen LogP contribution in [0.2, 0.25) is 0 Å². The zero-order chi connectivity index (χ0) is 15.5. The Morgan fingerprint density at radius 3 is 2.24 bits per heavy atom. The van der Waals surface area contributed by atoms with E-state index in [1.54, 1.807) is 0 Å². The lowest BCUT2D eigenvalue weighted by molar-refractivity contribution is -0.153. The molecule has 0 aromatic heterocycles. The molecule has 2 rings (SSSR count). The van der Waals surface area contributed by atoms with E-state index in [0.717, 1.165) is 57.8 Å². The fourth-order valence-corrected chi connectivity index (χ4v) is 4.03. The van der Waals surface area contributed by atoms with Crippen molar-refractivity contribution in [2.75, 3.05) is 40.3 Å². The summed E-state index contributed by atoms with van der Waals surface area (Å²) in [4.78, 5) is 16.5. The molecule has 0 bridgehead atoms. The van der Waals surface area contributed by atoms with Gasteiger partial charge in [-0.2, -0.15) is 0 Å². The normalized spacial score (nSPS) is 32.5. The average molecular weight is 296 g/mol. The van der Waals surface area contributed by atoms with Gasteiger partial charge in [0.25, 0.3) is 0 Å². The molecule has 2 aliphatic rings. The molecule has 1 aliphatic carbocycles. The average Bonchev–Trinajstić information content (AvgIpc) is 2.43. The molecule has 0 unspecified atom stereocenters. The largest absolute Gasteiger partial charge is 0.481 e. The second kappa shape index (κ2) is 7.10. The second-order valence-electron chi connectivity index (χ2n) is 7.75. The summed E-state index contributed by atoms with van der Waals surface area (Å²) < 4.78 is 0. The highest BCUT2D eigenvalue weighted by Crippen LogP contribution is 2.40. The minimum atomic E-state index is -0.565. The maximum Gasteiger partial charge on any atom is 0.310 e. The summed E-state index contributed by atoms with van der Waals surface area (Å²) in [5.41, 5.74) is -0.471. The third-order valence-electron chi connectivity index (χ3n) is 5.54. The van der Waals surface area contributed by atoms with Crippen molar-refractivity contribution in [1.82, 2.24) is 9.80 Å². The Balaban J connectivity index is 1.87. The van der Waals surface area contributed by atoms with Crippen molar-refractivity contribution < 1.29 is 9.90 Å². The fourth-order valence-electron chi connectivity index (χ4n) is 4.03. The Kier molecular flexibility index (Phi) is 5.67. The summed E-state index contributed by atoms with van der Waals surface area (Å²) in [5, 5.41) is 9.74. The Bertz CT molecular complexity index is 341. The summed E-state index contributed by atoms with van der Waals surface area (Å²) in [7, 11) is 4.27. The number of carbonyl (C=O) groups is 1. The van der Waals surface area contributed by atoms with E-state index in [1.807, 2.05) is 0 Å². The van der Waals surface area contributed by atoms with Gasteiger partial charge in [-0.25, -0.2) is 0 Å². The monoisotopic (exact) mass is 296 g/mol. The van der Waals surface area contributed by atoms with E-state index in [0.29, 0.717) is 5.92 Å². The van der Waals surface area contributed by atoms with Crippen molar-refractivity contribution in [3.8, 4) is 0 Å². The number of nitrogens with zero attached hydrogens (tertiary/aromatic N) is 2. The predicted molar refractivity (Wildman–Crippen MR) is 85.4 cm³/mol. The van der Waals surface area contributed by atoms with Gasteiger partial charge in [0.1, 0.15) is 0 Å². The van der Waals surface area contributed by atoms with E-state index in [1.165, 1.54) is 12.8 Å². The number of piperidine rings is 1. The van der Waals surface area contributed by atoms with Crippen LogP contribution in [0.25, 0.3) is 0 Å². The summed E-state index contributed by atoms with van der Waals surface area (Å²) >= 11 is 0. The number of carboxylic acid groups (broad SMARTS) is 1. The van der Waals surface area contributed by atoms with Crippen LogP contribution in [0.1, 0.15) is 45.4 Å². The topological polar surface area (TPSA) is 43.8 Å². The van der Waals surface area contributed by atoms with Crippen molar-refractivity contribution in [3.63, 3.8) is 0 Å². The number of hydrogen-bond acceptors (Lipinski definition) is 3. The molecule has 122 valence electrons. The van der Waals surface area contributed by atoms with Gasteiger partial charge in [0.15, 0.2) is 0 Å². The summed E-state index contributed by atoms with van der Waals surface area (Å²) in [5.74, 6) is 0.913. The highest BCUT2D eigenvalue weighted by Gasteiger charge is 2.42. The molecule has 0 radical (unpaired) electrons. The SMILES string of the molecule is CC1CCC(CN2CCC(CN(C)C)CC2)(C(=O)O)CC1. The van der Waals surface area contributed by atoms with Gasteiger partial charge in [-0.05, 0) is 77.5 Å². The molecule has 1 N–H and O–H groups in total. The van der Waals surface area contributed by atoms with Crippen molar-refractivity contribution in [2.45, 2.75) is 45.4 Å². The number of carboxylic acids is 1. The lowest BCUT2D eigenvalue weighted by atomic mass is 9.70. The first kappa shape index (κ1) is 16.8. The molecule has 0 aromatic rings. The van der Waals surface area contributed by atoms with Gasteiger partial charge in [-0.3, -0.25) is 4.79 Å². The van der Waals surface area contributed by atoms with Crippen LogP contribution in [-0.4, -0.2) is 61.2 Å². The van der Waals surface area contributed by atoms with E-state index in [2.05, 4.69) is 30.8 Å². The highest BCUT2D eigenvalue weighted by atomic mass is 16.4. The van der Waals surface area contributed by atoms with E-state index in [4.69, 9.17) is 0 Å². The van der Waals surface area contributed by atoms with Crippen LogP contribution < -0.4 is 0 Å². The molecule has 21 heavy (non-hydrogen) atoms. The van der Waals surface area contributed by atoms with Crippen LogP contribution in [0.15, 0.2) is 0 Å². The van der Waals surface area contributed by atoms with E-state index >= 15 is 0 Å². The minimum absolute atomic E-state index is 0.471. The molecule has 1 saturated heterocycles. The first-order valence-corrected chi connectivity index (χ1v) is 8.52. The molecule has 1 aliphatic heterocycles. The molecule has 0 spiro atoms. The summed E-state index contributed by atoms with van der Waals surface area (Å²) in [6, 6.07) is 0. The van der Waals surface area contributed by atoms with Gasteiger partial charge in [0.2, 0.25) is 0 Å². The van der Waals surface area contributed by atoms with Crippen molar-refractivity contribution >= 4 is 5.97 Å². The number of aliphatic carboxylic acids is 1. The molecule has 0 aromatic carbocycles. The van der Waals surface area contributed by atoms with Gasteiger partial charge in [-0.1, -0.05) is 6.92 Å². The van der Waals surface area contributed by atoms with Crippen LogP contribution in [-0.2, 0) is 4.79 Å². The molecular formula is C17H32N2O2. The van der Waals surface area contributed by atoms with Crippen molar-refractivity contribution in [3.05, 3.63) is 0 Å². The first-order valence-electron chi connectivity index (χ1n) is 8.52. The zero-order valence-corrected chi connectivity index (χ0v) is 14.0.